The molecule has 4 heterocycles. The number of nitrogens with zero attached hydrogens (tertiary/aromatic N) is 6. The van der Waals surface area contributed by atoms with Crippen molar-refractivity contribution >= 4 is 105 Å². The van der Waals surface area contributed by atoms with Gasteiger partial charge in [-0.2, -0.15) is 0 Å². The number of phenols is 1. The molecule has 2 aromatic heterocycles. The van der Waals surface area contributed by atoms with Gasteiger partial charge in [-0.3, -0.25) is 33.7 Å². The fraction of sp³-hybridized carbons (Fsp3) is 0.339. The number of amides is 10. The molecule has 26 nitrogen and oxygen atoms in total. The van der Waals surface area contributed by atoms with Gasteiger partial charge >= 0.3 is 24.3 Å². The average Bonchev–Trinajstić information content (AvgIpc) is 1.97. The van der Waals surface area contributed by atoms with Crippen LogP contribution in [0.3, 0.4) is 0 Å². The Hall–Kier alpha value is -10.1. The van der Waals surface area contributed by atoms with Gasteiger partial charge in [-0.25, -0.2) is 24.2 Å². The van der Waals surface area contributed by atoms with Crippen LogP contribution < -0.4 is 36.6 Å². The Kier molecular flexibility index (Phi) is 21.5. The van der Waals surface area contributed by atoms with Crippen LogP contribution in [-0.2, 0) is 35.3 Å². The molecule has 468 valence electrons. The lowest BCUT2D eigenvalue weighted by atomic mass is 9.89. The van der Waals surface area contributed by atoms with Gasteiger partial charge in [-0.1, -0.05) is 44.2 Å². The van der Waals surface area contributed by atoms with Crippen LogP contribution in [0, 0.1) is 18.8 Å². The van der Waals surface area contributed by atoms with Crippen molar-refractivity contribution in [1.29, 1.82) is 0 Å². The second kappa shape index (κ2) is 29.5. The number of imidazole rings is 1. The van der Waals surface area contributed by atoms with E-state index in [1.54, 1.807) is 84.1 Å². The van der Waals surface area contributed by atoms with Crippen molar-refractivity contribution in [3.8, 4) is 11.5 Å². The van der Waals surface area contributed by atoms with Gasteiger partial charge in [0.25, 0.3) is 23.6 Å². The Balaban J connectivity index is 0.865. The number of benzene rings is 4. The number of nitrogens with one attached hydrogen (secondary N) is 4. The summed E-state index contributed by atoms with van der Waals surface area (Å²) in [5.41, 5.74) is 9.48. The monoisotopic (exact) mass is 1240 g/mol. The molecule has 3 atom stereocenters. The number of hydrogen-bond acceptors (Lipinski definition) is 16. The number of ketones is 1. The van der Waals surface area contributed by atoms with Crippen molar-refractivity contribution in [2.45, 2.75) is 58.6 Å². The molecule has 8 rings (SSSR count). The Morgan fingerprint density at radius 2 is 1.58 bits per heavy atom. The molecule has 4 aromatic carbocycles. The highest BCUT2D eigenvalue weighted by molar-refractivity contribution is 6.19. The van der Waals surface area contributed by atoms with Gasteiger partial charge in [0.05, 0.1) is 30.6 Å². The van der Waals surface area contributed by atoms with E-state index < -0.39 is 84.1 Å². The lowest BCUT2D eigenvalue weighted by molar-refractivity contribution is -0.137. The molecule has 0 saturated carbocycles. The number of ether oxygens (including phenoxy) is 3. The molecule has 0 aliphatic carbocycles. The quantitative estimate of drug-likeness (QED) is 0.0175. The van der Waals surface area contributed by atoms with Gasteiger partial charge < -0.3 is 70.5 Å². The third-order valence-corrected chi connectivity index (χ3v) is 15.3. The van der Waals surface area contributed by atoms with E-state index in [-0.39, 0.29) is 101 Å². The van der Waals surface area contributed by atoms with Crippen molar-refractivity contribution in [3.05, 3.63) is 137 Å². The molecule has 89 heavy (non-hydrogen) atoms. The van der Waals surface area contributed by atoms with E-state index in [1.807, 2.05) is 19.1 Å². The molecule has 0 saturated heterocycles. The molecule has 0 spiro atoms. The first-order valence-electron chi connectivity index (χ1n) is 28.5. The van der Waals surface area contributed by atoms with Gasteiger partial charge in [0.1, 0.15) is 36.1 Å². The summed E-state index contributed by atoms with van der Waals surface area (Å²) < 4.78 is 18.4. The number of alkyl carbamates (subject to hydrolysis) is 1. The highest BCUT2D eigenvalue weighted by Gasteiger charge is 2.37. The maximum Gasteiger partial charge on any atom is 0.415 e. The molecular weight excluding hydrogens is 1170 g/mol. The van der Waals surface area contributed by atoms with E-state index in [1.165, 1.54) is 41.1 Å². The largest absolute Gasteiger partial charge is 0.508 e. The van der Waals surface area contributed by atoms with Crippen LogP contribution >= 0.6 is 11.6 Å². The molecule has 2 aliphatic rings. The molecular formula is C62H68ClN11O15. The zero-order chi connectivity index (χ0) is 64.1. The molecule has 10 amide bonds. The predicted octanol–water partition coefficient (Wildman–Crippen LogP) is 6.44. The number of carbonyl (C=O) groups excluding carboxylic acids is 10. The maximum atomic E-state index is 14.5. The maximum absolute atomic E-state index is 14.5. The number of aromatic hydroxyl groups is 1. The number of rotatable bonds is 26. The number of hydrogen-bond donors (Lipinski definition) is 7. The van der Waals surface area contributed by atoms with Crippen LogP contribution in [0.5, 0.6) is 11.5 Å². The fourth-order valence-corrected chi connectivity index (χ4v) is 10.5. The summed E-state index contributed by atoms with van der Waals surface area (Å²) in [5.74, 6) is -4.29. The molecule has 2 aliphatic heterocycles. The summed E-state index contributed by atoms with van der Waals surface area (Å²) >= 11 is 6.61. The zero-order valence-electron chi connectivity index (χ0n) is 49.2. The van der Waals surface area contributed by atoms with Crippen molar-refractivity contribution in [2.75, 3.05) is 80.9 Å². The number of aliphatic hydroxyl groups is 1. The summed E-state index contributed by atoms with van der Waals surface area (Å²) in [6.45, 7) is 4.19. The minimum atomic E-state index is -1.07. The number of anilines is 3. The molecule has 27 heteroatoms. The Morgan fingerprint density at radius 3 is 2.27 bits per heavy atom. The smallest absolute Gasteiger partial charge is 0.415 e. The number of carbonyl (C=O) groups is 10. The van der Waals surface area contributed by atoms with Gasteiger partial charge in [0.15, 0.2) is 5.78 Å². The summed E-state index contributed by atoms with van der Waals surface area (Å²) in [6, 6.07) is 20.8. The van der Waals surface area contributed by atoms with Crippen LogP contribution in [0.15, 0.2) is 109 Å². The number of Topliss-reactive ketones (excluding diaryl/α,β-unsaturated/α-hetero) is 1. The standard InChI is InChI=1S/C62H68ClN11O15/c1-36(2)55(69-60(84)87-28-26-73-51(78)20-21-52(73)79)48(77)29-40(8-6-22-65-59(64)83)57(81)66-42-14-10-38(11-15-42)35-88-61(85)70(4)23-24-71(25-27-75)62(86)89-49-30-47-54(53-37(3)7-5-9-45(49)53)41(31-63)32-74(47)58(82)46-34-72-33-43(16-19-50(72)68-46)67-56(80)39-12-17-44(76)18-13-39/h5,7,9-21,30,33-34,36,40-41,55,75-76H,6,8,22-29,31-32,35H2,1-4H3,(H,66,81)(H,67,80)(H,69,84)(H3,64,65,83)/t40-,41-,55+/m1/s1. The number of aliphatic hydroxyl groups excluding tert-OH is 1. The number of phenolic OH excluding ortho intramolecular Hbond substituents is 1. The van der Waals surface area contributed by atoms with Crippen LogP contribution in [0.1, 0.15) is 76.6 Å². The van der Waals surface area contributed by atoms with Gasteiger partial charge in [0.2, 0.25) is 5.91 Å². The second-order valence-electron chi connectivity index (χ2n) is 21.6. The van der Waals surface area contributed by atoms with Crippen molar-refractivity contribution in [2.24, 2.45) is 17.6 Å². The average molecular weight is 1240 g/mol. The van der Waals surface area contributed by atoms with Crippen molar-refractivity contribution < 1.29 is 72.4 Å². The third kappa shape index (κ3) is 16.3. The van der Waals surface area contributed by atoms with Crippen LogP contribution in [0.2, 0.25) is 0 Å². The van der Waals surface area contributed by atoms with Crippen molar-refractivity contribution in [3.63, 3.8) is 0 Å². The molecule has 0 unspecified atom stereocenters. The SMILES string of the molecule is Cc1cccc2c(OC(=O)N(CCO)CCN(C)C(=O)OCc3ccc(NC(=O)[C@H](CCCNC(N)=O)CC(=O)[C@@H](NC(=O)OCCN4C(=O)C=CC4=O)C(C)C)cc3)cc3c(c12)[C@H](CCl)CN3C(=O)c1cn2cc(NC(=O)c3ccc(O)cc3)ccc2n1. The zero-order valence-corrected chi connectivity index (χ0v) is 50.0. The Labute approximate surface area is 515 Å². The number of fused-ring (bicyclic) bond motifs is 4. The van der Waals surface area contributed by atoms with Gasteiger partial charge in [-0.15, -0.1) is 11.6 Å². The van der Waals surface area contributed by atoms with E-state index >= 15 is 0 Å². The number of primary amides is 1. The normalized spacial score (nSPS) is 14.1. The molecule has 6 aromatic rings. The minimum Gasteiger partial charge on any atom is -0.508 e. The summed E-state index contributed by atoms with van der Waals surface area (Å²) in [7, 11) is 1.47. The van der Waals surface area contributed by atoms with E-state index in [0.29, 0.717) is 39.2 Å². The number of nitrogens with two attached hydrogens (primary N) is 1. The van der Waals surface area contributed by atoms with Crippen LogP contribution in [0.25, 0.3) is 16.4 Å². The molecule has 0 radical (unpaired) electrons. The summed E-state index contributed by atoms with van der Waals surface area (Å²) in [5, 5.41) is 31.6. The fourth-order valence-electron chi connectivity index (χ4n) is 10.3. The third-order valence-electron chi connectivity index (χ3n) is 15.0. The molecule has 0 fully saturated rings. The minimum absolute atomic E-state index is 0.0219. The van der Waals surface area contributed by atoms with Gasteiger partial charge in [0, 0.05) is 111 Å². The van der Waals surface area contributed by atoms with Crippen LogP contribution in [0.4, 0.5) is 36.2 Å². The molecule has 8 N–H and O–H groups in total. The number of likely N-dealkylation sites (N-methyl/N-ethyl adjacent to an activating group) is 1. The molecule has 0 bridgehead atoms. The number of urea groups is 1. The Morgan fingerprint density at radius 1 is 0.865 bits per heavy atom. The number of aryl methyl sites for hydroxylation is 1. The predicted molar refractivity (Wildman–Crippen MR) is 327 cm³/mol. The second-order valence-corrected chi connectivity index (χ2v) is 21.9. The number of imide groups is 1. The summed E-state index contributed by atoms with van der Waals surface area (Å²) in [4.78, 5) is 140. The lowest BCUT2D eigenvalue weighted by Gasteiger charge is -2.25. The number of halogens is 1. The Bertz CT molecular complexity index is 3690. The van der Waals surface area contributed by atoms with Gasteiger partial charge in [-0.05, 0) is 96.3 Å². The van der Waals surface area contributed by atoms with E-state index in [9.17, 15) is 58.2 Å². The first-order valence-corrected chi connectivity index (χ1v) is 29.1. The summed E-state index contributed by atoms with van der Waals surface area (Å²) in [6.07, 6.45) is 2.95. The number of pyridine rings is 1. The van der Waals surface area contributed by atoms with Crippen molar-refractivity contribution in [1.82, 2.24) is 34.7 Å². The van der Waals surface area contributed by atoms with E-state index in [2.05, 4.69) is 26.3 Å². The van der Waals surface area contributed by atoms with E-state index in [0.717, 1.165) is 33.6 Å². The topological polar surface area (TPSA) is 343 Å². The highest BCUT2D eigenvalue weighted by Crippen LogP contribution is 2.47. The van der Waals surface area contributed by atoms with E-state index in [4.69, 9.17) is 31.5 Å². The number of alkyl halides is 1. The first kappa shape index (κ1) is 64.9. The number of aromatic nitrogens is 2. The van der Waals surface area contributed by atoms with Crippen LogP contribution in [-0.4, -0.2) is 165 Å². The highest BCUT2D eigenvalue weighted by atomic mass is 35.5. The first-order chi connectivity index (χ1) is 42.6. The lowest BCUT2D eigenvalue weighted by Crippen LogP contribution is -2.46.